The minimum Gasteiger partial charge on any atom is -0.440 e. The molecule has 2 amide bonds. The number of nitrogens with zero attached hydrogens (tertiary/aromatic N) is 2. The van der Waals surface area contributed by atoms with Gasteiger partial charge in [-0.25, -0.2) is 4.79 Å². The fourth-order valence-corrected chi connectivity index (χ4v) is 2.24. The number of aromatic nitrogens is 1. The number of amides is 2. The number of ether oxygens (including phenoxy) is 1. The molecule has 0 radical (unpaired) electrons. The first-order valence-corrected chi connectivity index (χ1v) is 7.04. The zero-order valence-corrected chi connectivity index (χ0v) is 12.2. The van der Waals surface area contributed by atoms with Gasteiger partial charge in [-0.2, -0.15) is 13.2 Å². The first-order chi connectivity index (χ1) is 10.8. The fraction of sp³-hybridized carbons (Fsp3) is 0.500. The van der Waals surface area contributed by atoms with E-state index in [2.05, 4.69) is 15.0 Å². The van der Waals surface area contributed by atoms with Crippen LogP contribution < -0.4 is 5.32 Å². The predicted molar refractivity (Wildman–Crippen MR) is 74.6 cm³/mol. The second-order valence-corrected chi connectivity index (χ2v) is 5.16. The van der Waals surface area contributed by atoms with E-state index in [1.807, 2.05) is 0 Å². The molecule has 1 aromatic rings. The highest BCUT2D eigenvalue weighted by atomic mass is 19.4. The van der Waals surface area contributed by atoms with Gasteiger partial charge in [0, 0.05) is 37.1 Å². The molecule has 2 heterocycles. The summed E-state index contributed by atoms with van der Waals surface area (Å²) >= 11 is 0. The number of carbonyl (C=O) groups excluding carboxylic acids is 2. The van der Waals surface area contributed by atoms with E-state index < -0.39 is 18.9 Å². The molecule has 126 valence electrons. The van der Waals surface area contributed by atoms with Crippen LogP contribution in [0.4, 0.5) is 23.7 Å². The molecule has 1 aliphatic rings. The molecule has 0 aromatic carbocycles. The molecule has 1 saturated heterocycles. The van der Waals surface area contributed by atoms with Crippen molar-refractivity contribution in [1.29, 1.82) is 0 Å². The maximum atomic E-state index is 12.1. The van der Waals surface area contributed by atoms with E-state index in [4.69, 9.17) is 0 Å². The van der Waals surface area contributed by atoms with Gasteiger partial charge in [-0.05, 0) is 25.0 Å². The van der Waals surface area contributed by atoms with Crippen LogP contribution in [0.25, 0.3) is 0 Å². The number of likely N-dealkylation sites (tertiary alicyclic amines) is 1. The fourth-order valence-electron chi connectivity index (χ4n) is 2.24. The molecule has 1 aromatic heterocycles. The van der Waals surface area contributed by atoms with Crippen molar-refractivity contribution in [2.75, 3.05) is 25.0 Å². The van der Waals surface area contributed by atoms with Crippen LogP contribution in [0.5, 0.6) is 0 Å². The minimum absolute atomic E-state index is 0.181. The number of nitrogens with one attached hydrogen (secondary N) is 1. The molecular formula is C14H16F3N3O3. The lowest BCUT2D eigenvalue weighted by Crippen LogP contribution is -2.42. The van der Waals surface area contributed by atoms with Gasteiger partial charge >= 0.3 is 12.3 Å². The summed E-state index contributed by atoms with van der Waals surface area (Å²) in [7, 11) is 0. The Bertz CT molecular complexity index is 543. The summed E-state index contributed by atoms with van der Waals surface area (Å²) in [5.41, 5.74) is 0.622. The van der Waals surface area contributed by atoms with Gasteiger partial charge in [-0.1, -0.05) is 0 Å². The number of hydrogen-bond donors (Lipinski definition) is 1. The number of pyridine rings is 1. The zero-order valence-electron chi connectivity index (χ0n) is 12.2. The van der Waals surface area contributed by atoms with Crippen LogP contribution in [0.3, 0.4) is 0 Å². The molecule has 0 spiro atoms. The average molecular weight is 331 g/mol. The van der Waals surface area contributed by atoms with Gasteiger partial charge < -0.3 is 15.0 Å². The SMILES string of the molecule is O=C(Nc1ccncc1)C1CCN(C(=O)OCC(F)(F)F)CC1. The maximum absolute atomic E-state index is 12.1. The van der Waals surface area contributed by atoms with Crippen LogP contribution in [0.15, 0.2) is 24.5 Å². The third-order valence-corrected chi connectivity index (χ3v) is 3.43. The summed E-state index contributed by atoms with van der Waals surface area (Å²) < 4.78 is 40.2. The van der Waals surface area contributed by atoms with Crippen LogP contribution in [0.2, 0.25) is 0 Å². The predicted octanol–water partition coefficient (Wildman–Crippen LogP) is 2.43. The summed E-state index contributed by atoms with van der Waals surface area (Å²) in [4.78, 5) is 28.6. The van der Waals surface area contributed by atoms with Crippen molar-refractivity contribution in [3.8, 4) is 0 Å². The smallest absolute Gasteiger partial charge is 0.422 e. The highest BCUT2D eigenvalue weighted by molar-refractivity contribution is 5.92. The van der Waals surface area contributed by atoms with Gasteiger partial charge in [0.25, 0.3) is 0 Å². The monoisotopic (exact) mass is 331 g/mol. The molecule has 23 heavy (non-hydrogen) atoms. The Morgan fingerprint density at radius 2 is 1.87 bits per heavy atom. The van der Waals surface area contributed by atoms with Gasteiger partial charge in [-0.15, -0.1) is 0 Å². The minimum atomic E-state index is -4.54. The Morgan fingerprint density at radius 1 is 1.26 bits per heavy atom. The molecule has 6 nitrogen and oxygen atoms in total. The Labute approximate surface area is 130 Å². The Morgan fingerprint density at radius 3 is 2.43 bits per heavy atom. The van der Waals surface area contributed by atoms with Crippen LogP contribution in [0, 0.1) is 5.92 Å². The first-order valence-electron chi connectivity index (χ1n) is 7.04. The first kappa shape index (κ1) is 17.0. The number of halogens is 3. The number of rotatable bonds is 3. The number of hydrogen-bond acceptors (Lipinski definition) is 4. The van der Waals surface area contributed by atoms with E-state index in [1.54, 1.807) is 24.5 Å². The van der Waals surface area contributed by atoms with Crippen molar-refractivity contribution in [2.45, 2.75) is 19.0 Å². The zero-order chi connectivity index (χ0) is 16.9. The molecule has 9 heteroatoms. The van der Waals surface area contributed by atoms with Gasteiger partial charge in [0.15, 0.2) is 6.61 Å². The molecule has 2 rings (SSSR count). The molecule has 1 aliphatic heterocycles. The summed E-state index contributed by atoms with van der Waals surface area (Å²) in [6, 6.07) is 3.31. The third kappa shape index (κ3) is 5.42. The molecule has 1 fully saturated rings. The number of anilines is 1. The van der Waals surface area contributed by atoms with Crippen molar-refractivity contribution < 1.29 is 27.5 Å². The second-order valence-electron chi connectivity index (χ2n) is 5.16. The van der Waals surface area contributed by atoms with E-state index in [1.165, 1.54) is 4.90 Å². The van der Waals surface area contributed by atoms with Crippen molar-refractivity contribution in [3.63, 3.8) is 0 Å². The summed E-state index contributed by atoms with van der Waals surface area (Å²) in [6.07, 6.45) is -1.70. The molecule has 0 bridgehead atoms. The number of carbonyl (C=O) groups is 2. The molecule has 0 unspecified atom stereocenters. The highest BCUT2D eigenvalue weighted by Gasteiger charge is 2.32. The van der Waals surface area contributed by atoms with Crippen LogP contribution in [0.1, 0.15) is 12.8 Å². The Kier molecular flexibility index (Phi) is 5.41. The summed E-state index contributed by atoms with van der Waals surface area (Å²) in [6.45, 7) is -1.23. The van der Waals surface area contributed by atoms with Crippen molar-refractivity contribution in [1.82, 2.24) is 9.88 Å². The van der Waals surface area contributed by atoms with Gasteiger partial charge in [0.1, 0.15) is 0 Å². The van der Waals surface area contributed by atoms with Gasteiger partial charge in [0.2, 0.25) is 5.91 Å². The van der Waals surface area contributed by atoms with Crippen molar-refractivity contribution in [3.05, 3.63) is 24.5 Å². The normalized spacial score (nSPS) is 16.0. The molecule has 0 saturated carbocycles. The van der Waals surface area contributed by atoms with Crippen LogP contribution >= 0.6 is 0 Å². The van der Waals surface area contributed by atoms with E-state index in [0.717, 1.165) is 0 Å². The Balaban J connectivity index is 1.77. The lowest BCUT2D eigenvalue weighted by Gasteiger charge is -2.30. The van der Waals surface area contributed by atoms with Gasteiger partial charge in [-0.3, -0.25) is 9.78 Å². The van der Waals surface area contributed by atoms with Crippen molar-refractivity contribution in [2.24, 2.45) is 5.92 Å². The van der Waals surface area contributed by atoms with E-state index in [0.29, 0.717) is 18.5 Å². The van der Waals surface area contributed by atoms with E-state index in [-0.39, 0.29) is 24.9 Å². The second kappa shape index (κ2) is 7.30. The van der Waals surface area contributed by atoms with Crippen molar-refractivity contribution >= 4 is 17.7 Å². The molecule has 1 N–H and O–H groups in total. The number of alkyl halides is 3. The lowest BCUT2D eigenvalue weighted by molar-refractivity contribution is -0.162. The summed E-state index contributed by atoms with van der Waals surface area (Å²) in [5.74, 6) is -0.477. The molecule has 0 atom stereocenters. The van der Waals surface area contributed by atoms with Gasteiger partial charge in [0.05, 0.1) is 0 Å². The van der Waals surface area contributed by atoms with E-state index in [9.17, 15) is 22.8 Å². The lowest BCUT2D eigenvalue weighted by atomic mass is 9.96. The van der Waals surface area contributed by atoms with Crippen LogP contribution in [-0.2, 0) is 9.53 Å². The number of piperidine rings is 1. The Hall–Kier alpha value is -2.32. The average Bonchev–Trinajstić information content (AvgIpc) is 2.53. The quantitative estimate of drug-likeness (QED) is 0.923. The van der Waals surface area contributed by atoms with E-state index >= 15 is 0 Å². The molecule has 0 aliphatic carbocycles. The van der Waals surface area contributed by atoms with Crippen LogP contribution in [-0.4, -0.2) is 47.8 Å². The summed E-state index contributed by atoms with van der Waals surface area (Å²) in [5, 5.41) is 2.74. The highest BCUT2D eigenvalue weighted by Crippen LogP contribution is 2.21. The topological polar surface area (TPSA) is 71.5 Å². The molecular weight excluding hydrogens is 315 g/mol. The largest absolute Gasteiger partial charge is 0.440 e. The maximum Gasteiger partial charge on any atom is 0.422 e. The standard InChI is InChI=1S/C14H16F3N3O3/c15-14(16,17)9-23-13(22)20-7-3-10(4-8-20)12(21)19-11-1-5-18-6-2-11/h1-2,5-6,10H,3-4,7-9H2,(H,18,19,21). The third-order valence-electron chi connectivity index (χ3n) is 3.43.